The third kappa shape index (κ3) is 3.04. The van der Waals surface area contributed by atoms with Crippen LogP contribution in [0.2, 0.25) is 0 Å². The minimum Gasteiger partial charge on any atom is -0.383 e. The Morgan fingerprint density at radius 3 is 2.84 bits per heavy atom. The summed E-state index contributed by atoms with van der Waals surface area (Å²) in [7, 11) is 0. The van der Waals surface area contributed by atoms with E-state index in [4.69, 9.17) is 5.73 Å². The predicted molar refractivity (Wildman–Crippen MR) is 81.6 cm³/mol. The van der Waals surface area contributed by atoms with Gasteiger partial charge >= 0.3 is 0 Å². The summed E-state index contributed by atoms with van der Waals surface area (Å²) in [6, 6.07) is 2.18. The van der Waals surface area contributed by atoms with Crippen LogP contribution in [0.3, 0.4) is 0 Å². The number of hydrogen-bond acceptors (Lipinski definition) is 5. The molecule has 2 aromatic heterocycles. The maximum absolute atomic E-state index is 5.94. The lowest BCUT2D eigenvalue weighted by Crippen LogP contribution is -2.09. The van der Waals surface area contributed by atoms with Gasteiger partial charge < -0.3 is 11.1 Å². The highest BCUT2D eigenvalue weighted by Gasteiger charge is 2.13. The molecule has 0 saturated carbocycles. The molecule has 0 aliphatic carbocycles. The Kier molecular flexibility index (Phi) is 4.37. The molecule has 4 nitrogen and oxygen atoms in total. The molecule has 0 fully saturated rings. The van der Waals surface area contributed by atoms with Gasteiger partial charge in [0.05, 0.1) is 6.54 Å². The van der Waals surface area contributed by atoms with Gasteiger partial charge in [0.1, 0.15) is 18.0 Å². The van der Waals surface area contributed by atoms with Crippen molar-refractivity contribution in [3.05, 3.63) is 33.8 Å². The number of aromatic nitrogens is 2. The first kappa shape index (κ1) is 13.8. The van der Waals surface area contributed by atoms with Gasteiger partial charge in [-0.2, -0.15) is 0 Å². The van der Waals surface area contributed by atoms with Gasteiger partial charge in [-0.25, -0.2) is 9.97 Å². The third-order valence-electron chi connectivity index (χ3n) is 3.13. The van der Waals surface area contributed by atoms with Crippen LogP contribution in [0, 0.1) is 0 Å². The molecule has 0 spiro atoms. The van der Waals surface area contributed by atoms with E-state index >= 15 is 0 Å². The summed E-state index contributed by atoms with van der Waals surface area (Å²) in [5.41, 5.74) is 8.33. The van der Waals surface area contributed by atoms with Crippen molar-refractivity contribution in [3.63, 3.8) is 0 Å². The molecule has 0 unspecified atom stereocenters. The Bertz CT molecular complexity index is 548. The maximum Gasteiger partial charge on any atom is 0.135 e. The van der Waals surface area contributed by atoms with Crippen LogP contribution in [0.1, 0.15) is 42.7 Å². The summed E-state index contributed by atoms with van der Waals surface area (Å²) in [5.74, 6) is 1.71. The molecule has 0 radical (unpaired) electrons. The zero-order valence-electron chi connectivity index (χ0n) is 11.6. The smallest absolute Gasteiger partial charge is 0.135 e. The highest BCUT2D eigenvalue weighted by Crippen LogP contribution is 2.27. The SMILES string of the molecule is CCc1ccsc1CNc1ncnc(N)c1C(C)C. The van der Waals surface area contributed by atoms with Crippen molar-refractivity contribution in [2.75, 3.05) is 11.1 Å². The first-order chi connectivity index (χ1) is 9.13. The number of anilines is 2. The normalized spacial score (nSPS) is 10.9. The fourth-order valence-corrected chi connectivity index (χ4v) is 3.04. The van der Waals surface area contributed by atoms with Gasteiger partial charge in [0.15, 0.2) is 0 Å². The van der Waals surface area contributed by atoms with Crippen LogP contribution in [-0.2, 0) is 13.0 Å². The molecule has 2 heterocycles. The van der Waals surface area contributed by atoms with Crippen molar-refractivity contribution in [2.24, 2.45) is 0 Å². The molecule has 5 heteroatoms. The van der Waals surface area contributed by atoms with Gasteiger partial charge in [0.2, 0.25) is 0 Å². The standard InChI is InChI=1S/C14H20N4S/c1-4-10-5-6-19-11(10)7-16-14-12(9(2)3)13(15)17-8-18-14/h5-6,8-9H,4,7H2,1-3H3,(H3,15,16,17,18). The highest BCUT2D eigenvalue weighted by atomic mass is 32.1. The van der Waals surface area contributed by atoms with E-state index in [0.29, 0.717) is 11.7 Å². The van der Waals surface area contributed by atoms with Crippen molar-refractivity contribution in [1.29, 1.82) is 0 Å². The molecule has 0 atom stereocenters. The molecule has 3 N–H and O–H groups in total. The maximum atomic E-state index is 5.94. The minimum absolute atomic E-state index is 0.303. The Hall–Kier alpha value is -1.62. The van der Waals surface area contributed by atoms with E-state index < -0.39 is 0 Å². The van der Waals surface area contributed by atoms with Crippen molar-refractivity contribution in [3.8, 4) is 0 Å². The van der Waals surface area contributed by atoms with E-state index in [0.717, 1.165) is 24.3 Å². The van der Waals surface area contributed by atoms with Crippen LogP contribution >= 0.6 is 11.3 Å². The van der Waals surface area contributed by atoms with Crippen molar-refractivity contribution in [1.82, 2.24) is 9.97 Å². The van der Waals surface area contributed by atoms with Crippen molar-refractivity contribution >= 4 is 23.0 Å². The van der Waals surface area contributed by atoms with E-state index in [9.17, 15) is 0 Å². The summed E-state index contributed by atoms with van der Waals surface area (Å²) in [4.78, 5) is 9.74. The molecule has 2 aromatic rings. The van der Waals surface area contributed by atoms with Gasteiger partial charge in [0.25, 0.3) is 0 Å². The van der Waals surface area contributed by atoms with Crippen LogP contribution in [0.5, 0.6) is 0 Å². The van der Waals surface area contributed by atoms with E-state index in [1.807, 2.05) is 0 Å². The number of thiophene rings is 1. The second-order valence-corrected chi connectivity index (χ2v) is 5.75. The van der Waals surface area contributed by atoms with Crippen LogP contribution in [-0.4, -0.2) is 9.97 Å². The fourth-order valence-electron chi connectivity index (χ4n) is 2.12. The van der Waals surface area contributed by atoms with Crippen LogP contribution in [0.4, 0.5) is 11.6 Å². The molecule has 0 amide bonds. The van der Waals surface area contributed by atoms with Gasteiger partial charge in [-0.3, -0.25) is 0 Å². The molecule has 0 saturated heterocycles. The molecule has 2 rings (SSSR count). The zero-order chi connectivity index (χ0) is 13.8. The van der Waals surface area contributed by atoms with Gasteiger partial charge in [0, 0.05) is 10.4 Å². The minimum atomic E-state index is 0.303. The first-order valence-electron chi connectivity index (χ1n) is 6.53. The largest absolute Gasteiger partial charge is 0.383 e. The average molecular weight is 276 g/mol. The number of aryl methyl sites for hydroxylation is 1. The van der Waals surface area contributed by atoms with Gasteiger partial charge in [-0.1, -0.05) is 20.8 Å². The van der Waals surface area contributed by atoms with Gasteiger partial charge in [-0.05, 0) is 29.3 Å². The quantitative estimate of drug-likeness (QED) is 0.878. The lowest BCUT2D eigenvalue weighted by molar-refractivity contribution is 0.849. The number of nitrogens with two attached hydrogens (primary N) is 1. The number of nitrogens with one attached hydrogen (secondary N) is 1. The van der Waals surface area contributed by atoms with E-state index in [1.165, 1.54) is 16.8 Å². The van der Waals surface area contributed by atoms with Crippen LogP contribution in [0.15, 0.2) is 17.8 Å². The molecule has 0 aromatic carbocycles. The second kappa shape index (κ2) is 6.02. The second-order valence-electron chi connectivity index (χ2n) is 4.75. The average Bonchev–Trinajstić information content (AvgIpc) is 2.83. The first-order valence-corrected chi connectivity index (χ1v) is 7.40. The Balaban J connectivity index is 2.18. The highest BCUT2D eigenvalue weighted by molar-refractivity contribution is 7.10. The summed E-state index contributed by atoms with van der Waals surface area (Å²) >= 11 is 1.77. The van der Waals surface area contributed by atoms with Crippen LogP contribution < -0.4 is 11.1 Å². The topological polar surface area (TPSA) is 63.8 Å². The molecule has 0 aliphatic heterocycles. The Labute approximate surface area is 118 Å². The molecule has 102 valence electrons. The molecule has 19 heavy (non-hydrogen) atoms. The summed E-state index contributed by atoms with van der Waals surface area (Å²) < 4.78 is 0. The lowest BCUT2D eigenvalue weighted by Gasteiger charge is -2.14. The molecular weight excluding hydrogens is 256 g/mol. The summed E-state index contributed by atoms with van der Waals surface area (Å²) in [6.45, 7) is 7.16. The van der Waals surface area contributed by atoms with Gasteiger partial charge in [-0.15, -0.1) is 11.3 Å². The van der Waals surface area contributed by atoms with Crippen molar-refractivity contribution < 1.29 is 0 Å². The Morgan fingerprint density at radius 2 is 2.16 bits per heavy atom. The van der Waals surface area contributed by atoms with E-state index in [-0.39, 0.29) is 0 Å². The third-order valence-corrected chi connectivity index (χ3v) is 4.09. The fraction of sp³-hybridized carbons (Fsp3) is 0.429. The molecule has 0 aliphatic rings. The van der Waals surface area contributed by atoms with E-state index in [2.05, 4.69) is 47.5 Å². The zero-order valence-corrected chi connectivity index (χ0v) is 12.4. The monoisotopic (exact) mass is 276 g/mol. The number of rotatable bonds is 5. The lowest BCUT2D eigenvalue weighted by atomic mass is 10.0. The van der Waals surface area contributed by atoms with E-state index in [1.54, 1.807) is 11.3 Å². The number of nitrogens with zero attached hydrogens (tertiary/aromatic N) is 2. The predicted octanol–water partition coefficient (Wildman–Crippen LogP) is 3.42. The van der Waals surface area contributed by atoms with Crippen molar-refractivity contribution in [2.45, 2.75) is 39.7 Å². The summed E-state index contributed by atoms with van der Waals surface area (Å²) in [5, 5.41) is 5.52. The number of hydrogen-bond donors (Lipinski definition) is 2. The van der Waals surface area contributed by atoms with Crippen LogP contribution in [0.25, 0.3) is 0 Å². The number of nitrogen functional groups attached to an aromatic ring is 1. The Morgan fingerprint density at radius 1 is 1.37 bits per heavy atom. The summed E-state index contributed by atoms with van der Waals surface area (Å²) in [6.07, 6.45) is 2.57. The molecular formula is C14H20N4S. The molecule has 0 bridgehead atoms.